The molecule has 3 nitrogen and oxygen atoms in total. The number of pyridine rings is 2. The summed E-state index contributed by atoms with van der Waals surface area (Å²) >= 11 is 0. The molecule has 0 bridgehead atoms. The Kier molecular flexibility index (Phi) is 1.16. The van der Waals surface area contributed by atoms with Crippen LogP contribution in [-0.4, -0.2) is 14.4 Å². The molecule has 0 amide bonds. The topological polar surface area (TPSA) is 30.2 Å². The molecule has 62 valence electrons. The zero-order valence-electron chi connectivity index (χ0n) is 6.88. The second-order valence-corrected chi connectivity index (χ2v) is 2.92. The molecule has 3 aromatic heterocycles. The zero-order valence-corrected chi connectivity index (χ0v) is 6.88. The fourth-order valence-corrected chi connectivity index (χ4v) is 1.52. The summed E-state index contributed by atoms with van der Waals surface area (Å²) in [5.41, 5.74) is 1.87. The van der Waals surface area contributed by atoms with Crippen molar-refractivity contribution in [3.63, 3.8) is 0 Å². The molecule has 0 aliphatic heterocycles. The smallest absolute Gasteiger partial charge is 0.163 e. The first kappa shape index (κ1) is 6.60. The third-order valence-corrected chi connectivity index (χ3v) is 2.13. The van der Waals surface area contributed by atoms with Crippen LogP contribution in [0.1, 0.15) is 0 Å². The highest BCUT2D eigenvalue weighted by molar-refractivity contribution is 5.89. The standard InChI is InChI=1S/C10H7N3/c1-2-8-3-6-13-7-5-12-10(13)9(8)11-4-1/h1-7H. The quantitative estimate of drug-likeness (QED) is 0.514. The van der Waals surface area contributed by atoms with Crippen molar-refractivity contribution in [1.29, 1.82) is 0 Å². The summed E-state index contributed by atoms with van der Waals surface area (Å²) in [5, 5.41) is 1.13. The van der Waals surface area contributed by atoms with Crippen LogP contribution in [0.5, 0.6) is 0 Å². The second kappa shape index (κ2) is 2.29. The summed E-state index contributed by atoms with van der Waals surface area (Å²) in [4.78, 5) is 8.55. The minimum absolute atomic E-state index is 0.915. The molecule has 0 aliphatic rings. The van der Waals surface area contributed by atoms with Gasteiger partial charge < -0.3 is 4.40 Å². The van der Waals surface area contributed by atoms with E-state index >= 15 is 0 Å². The highest BCUT2D eigenvalue weighted by atomic mass is 15.0. The van der Waals surface area contributed by atoms with Crippen LogP contribution in [0.15, 0.2) is 43.0 Å². The minimum atomic E-state index is 0.915. The number of hydrogen-bond donors (Lipinski definition) is 0. The van der Waals surface area contributed by atoms with E-state index in [-0.39, 0.29) is 0 Å². The summed E-state index contributed by atoms with van der Waals surface area (Å²) in [6.07, 6.45) is 7.48. The molecule has 0 aromatic carbocycles. The van der Waals surface area contributed by atoms with Crippen LogP contribution in [0.25, 0.3) is 16.6 Å². The Balaban J connectivity index is 2.65. The molecule has 0 atom stereocenters. The van der Waals surface area contributed by atoms with E-state index in [0.29, 0.717) is 0 Å². The fraction of sp³-hybridized carbons (Fsp3) is 0. The lowest BCUT2D eigenvalue weighted by Gasteiger charge is -1.97. The first-order valence-corrected chi connectivity index (χ1v) is 4.11. The molecular weight excluding hydrogens is 162 g/mol. The molecule has 0 aliphatic carbocycles. The van der Waals surface area contributed by atoms with E-state index in [1.54, 1.807) is 12.4 Å². The van der Waals surface area contributed by atoms with Crippen LogP contribution in [0.4, 0.5) is 0 Å². The van der Waals surface area contributed by atoms with Crippen molar-refractivity contribution in [3.05, 3.63) is 43.0 Å². The van der Waals surface area contributed by atoms with Crippen LogP contribution >= 0.6 is 0 Å². The Morgan fingerprint density at radius 1 is 1.00 bits per heavy atom. The van der Waals surface area contributed by atoms with Crippen LogP contribution in [0.3, 0.4) is 0 Å². The summed E-state index contributed by atoms with van der Waals surface area (Å²) in [6, 6.07) is 6.01. The largest absolute Gasteiger partial charge is 0.305 e. The normalized spacial score (nSPS) is 11.1. The molecule has 3 aromatic rings. The maximum Gasteiger partial charge on any atom is 0.163 e. The Morgan fingerprint density at radius 3 is 3.00 bits per heavy atom. The van der Waals surface area contributed by atoms with E-state index < -0.39 is 0 Å². The molecule has 13 heavy (non-hydrogen) atoms. The van der Waals surface area contributed by atoms with Crippen molar-refractivity contribution in [1.82, 2.24) is 14.4 Å². The molecule has 0 spiro atoms. The molecule has 0 N–H and O–H groups in total. The van der Waals surface area contributed by atoms with Crippen LogP contribution in [0, 0.1) is 0 Å². The maximum atomic E-state index is 4.30. The van der Waals surface area contributed by atoms with E-state index in [2.05, 4.69) is 9.97 Å². The van der Waals surface area contributed by atoms with Gasteiger partial charge in [0.25, 0.3) is 0 Å². The van der Waals surface area contributed by atoms with Crippen molar-refractivity contribution in [2.75, 3.05) is 0 Å². The van der Waals surface area contributed by atoms with Crippen molar-refractivity contribution in [2.24, 2.45) is 0 Å². The van der Waals surface area contributed by atoms with E-state index in [1.165, 1.54) is 0 Å². The lowest BCUT2D eigenvalue weighted by Crippen LogP contribution is -1.86. The third kappa shape index (κ3) is 0.839. The van der Waals surface area contributed by atoms with E-state index in [4.69, 9.17) is 0 Å². The van der Waals surface area contributed by atoms with Crippen molar-refractivity contribution >= 4 is 16.6 Å². The SMILES string of the molecule is c1cnc2c(c1)ccn1ccnc21. The molecule has 0 saturated heterocycles. The minimum Gasteiger partial charge on any atom is -0.305 e. The fourth-order valence-electron chi connectivity index (χ4n) is 1.52. The van der Waals surface area contributed by atoms with Gasteiger partial charge in [0.2, 0.25) is 0 Å². The van der Waals surface area contributed by atoms with E-state index in [9.17, 15) is 0 Å². The van der Waals surface area contributed by atoms with Gasteiger partial charge in [-0.1, -0.05) is 6.07 Å². The summed E-state index contributed by atoms with van der Waals surface area (Å²) < 4.78 is 1.97. The predicted molar refractivity (Wildman–Crippen MR) is 50.5 cm³/mol. The number of aromatic nitrogens is 3. The lowest BCUT2D eigenvalue weighted by molar-refractivity contribution is 1.19. The van der Waals surface area contributed by atoms with Crippen molar-refractivity contribution in [2.45, 2.75) is 0 Å². The Labute approximate surface area is 74.7 Å². The second-order valence-electron chi connectivity index (χ2n) is 2.92. The van der Waals surface area contributed by atoms with Crippen molar-refractivity contribution in [3.8, 4) is 0 Å². The number of imidazole rings is 1. The van der Waals surface area contributed by atoms with E-state index in [0.717, 1.165) is 16.6 Å². The molecule has 3 rings (SSSR count). The van der Waals surface area contributed by atoms with Gasteiger partial charge in [-0.15, -0.1) is 0 Å². The molecule has 3 heterocycles. The van der Waals surface area contributed by atoms with Gasteiger partial charge >= 0.3 is 0 Å². The van der Waals surface area contributed by atoms with Gasteiger partial charge in [0.05, 0.1) is 0 Å². The first-order valence-electron chi connectivity index (χ1n) is 4.11. The van der Waals surface area contributed by atoms with Gasteiger partial charge in [0.1, 0.15) is 5.52 Å². The van der Waals surface area contributed by atoms with Gasteiger partial charge in [-0.05, 0) is 12.1 Å². The van der Waals surface area contributed by atoms with Crippen LogP contribution < -0.4 is 0 Å². The Hall–Kier alpha value is -1.90. The van der Waals surface area contributed by atoms with Gasteiger partial charge in [-0.3, -0.25) is 4.98 Å². The number of hydrogen-bond acceptors (Lipinski definition) is 2. The van der Waals surface area contributed by atoms with Crippen LogP contribution in [-0.2, 0) is 0 Å². The monoisotopic (exact) mass is 169 g/mol. The van der Waals surface area contributed by atoms with Crippen LogP contribution in [0.2, 0.25) is 0 Å². The lowest BCUT2D eigenvalue weighted by atomic mass is 10.2. The van der Waals surface area contributed by atoms with Gasteiger partial charge in [-0.25, -0.2) is 4.98 Å². The molecule has 0 unspecified atom stereocenters. The molecule has 0 saturated carbocycles. The highest BCUT2D eigenvalue weighted by Crippen LogP contribution is 2.14. The molecule has 0 radical (unpaired) electrons. The average Bonchev–Trinajstić information content (AvgIpc) is 2.65. The first-order chi connectivity index (χ1) is 6.45. The van der Waals surface area contributed by atoms with Gasteiger partial charge in [-0.2, -0.15) is 0 Å². The Bertz CT molecular complexity index is 568. The Morgan fingerprint density at radius 2 is 2.00 bits per heavy atom. The maximum absolute atomic E-state index is 4.30. The number of rotatable bonds is 0. The number of fused-ring (bicyclic) bond motifs is 3. The average molecular weight is 169 g/mol. The summed E-state index contributed by atoms with van der Waals surface area (Å²) in [7, 11) is 0. The summed E-state index contributed by atoms with van der Waals surface area (Å²) in [5.74, 6) is 0. The zero-order chi connectivity index (χ0) is 8.67. The molecular formula is C10H7N3. The third-order valence-electron chi connectivity index (χ3n) is 2.13. The van der Waals surface area contributed by atoms with Gasteiger partial charge in [0, 0.05) is 30.2 Å². The predicted octanol–water partition coefficient (Wildman–Crippen LogP) is 1.88. The molecule has 0 fully saturated rings. The summed E-state index contributed by atoms with van der Waals surface area (Å²) in [6.45, 7) is 0. The van der Waals surface area contributed by atoms with Gasteiger partial charge in [0.15, 0.2) is 5.65 Å². The highest BCUT2D eigenvalue weighted by Gasteiger charge is 2.00. The number of nitrogens with zero attached hydrogens (tertiary/aromatic N) is 3. The molecule has 3 heteroatoms. The van der Waals surface area contributed by atoms with Crippen molar-refractivity contribution < 1.29 is 0 Å². The van der Waals surface area contributed by atoms with E-state index in [1.807, 2.05) is 35.0 Å².